The summed E-state index contributed by atoms with van der Waals surface area (Å²) in [6, 6.07) is 3.65. The van der Waals surface area contributed by atoms with Gasteiger partial charge in [-0.25, -0.2) is 0 Å². The summed E-state index contributed by atoms with van der Waals surface area (Å²) < 4.78 is 15.5. The number of hydrogen-bond donors (Lipinski definition) is 1. The van der Waals surface area contributed by atoms with Gasteiger partial charge in [-0.3, -0.25) is 4.98 Å². The van der Waals surface area contributed by atoms with Crippen LogP contribution >= 0.6 is 0 Å². The quantitative estimate of drug-likeness (QED) is 0.713. The van der Waals surface area contributed by atoms with Gasteiger partial charge in [0, 0.05) is 31.8 Å². The third kappa shape index (κ3) is 4.09. The molecule has 20 heavy (non-hydrogen) atoms. The Morgan fingerprint density at radius 3 is 3.00 bits per heavy atom. The third-order valence-corrected chi connectivity index (χ3v) is 2.64. The van der Waals surface area contributed by atoms with E-state index in [1.165, 1.54) is 0 Å². The Bertz CT molecular complexity index is 530. The summed E-state index contributed by atoms with van der Waals surface area (Å²) in [4.78, 5) is 8.44. The Morgan fingerprint density at radius 1 is 1.30 bits per heavy atom. The van der Waals surface area contributed by atoms with Crippen molar-refractivity contribution in [1.82, 2.24) is 15.1 Å². The lowest BCUT2D eigenvalue weighted by atomic mass is 10.2. The molecule has 0 aliphatic heterocycles. The average Bonchev–Trinajstić information content (AvgIpc) is 2.96. The second-order valence-corrected chi connectivity index (χ2v) is 4.11. The van der Waals surface area contributed by atoms with Crippen LogP contribution in [-0.2, 0) is 22.4 Å². The summed E-state index contributed by atoms with van der Waals surface area (Å²) in [6.07, 6.45) is 2.28. The first kappa shape index (κ1) is 14.6. The van der Waals surface area contributed by atoms with Gasteiger partial charge < -0.3 is 19.7 Å². The van der Waals surface area contributed by atoms with Crippen molar-refractivity contribution in [2.45, 2.75) is 13.0 Å². The van der Waals surface area contributed by atoms with Crippen molar-refractivity contribution in [3.8, 4) is 11.5 Å². The molecule has 0 amide bonds. The molecule has 0 aliphatic carbocycles. The van der Waals surface area contributed by atoms with Crippen molar-refractivity contribution < 1.29 is 14.0 Å². The van der Waals surface area contributed by atoms with Crippen LogP contribution in [0.4, 0.5) is 0 Å². The lowest BCUT2D eigenvalue weighted by molar-refractivity contribution is 0.0714. The molecule has 2 aromatic heterocycles. The summed E-state index contributed by atoms with van der Waals surface area (Å²) in [5, 5.41) is 3.92. The minimum atomic E-state index is 0.377. The molecule has 0 bridgehead atoms. The lowest BCUT2D eigenvalue weighted by Gasteiger charge is -2.00. The van der Waals surface area contributed by atoms with Crippen molar-refractivity contribution in [3.63, 3.8) is 0 Å². The summed E-state index contributed by atoms with van der Waals surface area (Å²) >= 11 is 0. The molecule has 2 heterocycles. The molecule has 0 atom stereocenters. The molecule has 0 saturated heterocycles. The fraction of sp³-hybridized carbons (Fsp3) is 0.462. The molecule has 7 heteroatoms. The molecule has 7 nitrogen and oxygen atoms in total. The molecule has 0 saturated carbocycles. The molecule has 0 spiro atoms. The van der Waals surface area contributed by atoms with Crippen molar-refractivity contribution >= 4 is 0 Å². The number of aromatic nitrogens is 3. The zero-order valence-electron chi connectivity index (χ0n) is 11.4. The summed E-state index contributed by atoms with van der Waals surface area (Å²) in [5.41, 5.74) is 7.15. The molecule has 108 valence electrons. The maximum Gasteiger partial charge on any atom is 0.258 e. The highest BCUT2D eigenvalue weighted by atomic mass is 16.5. The maximum absolute atomic E-state index is 5.55. The Labute approximate surface area is 117 Å². The first-order valence-corrected chi connectivity index (χ1v) is 6.38. The van der Waals surface area contributed by atoms with Gasteiger partial charge in [0.2, 0.25) is 0 Å². The molecule has 2 rings (SSSR count). The predicted octanol–water partition coefficient (Wildman–Crippen LogP) is 0.796. The van der Waals surface area contributed by atoms with Crippen LogP contribution in [0, 0.1) is 0 Å². The van der Waals surface area contributed by atoms with Gasteiger partial charge in [-0.15, -0.1) is 0 Å². The van der Waals surface area contributed by atoms with Crippen LogP contribution in [-0.4, -0.2) is 42.1 Å². The minimum Gasteiger partial charge on any atom is -0.382 e. The van der Waals surface area contributed by atoms with Crippen LogP contribution in [0.15, 0.2) is 22.9 Å². The summed E-state index contributed by atoms with van der Waals surface area (Å²) in [7, 11) is 1.64. The van der Waals surface area contributed by atoms with Gasteiger partial charge in [0.05, 0.1) is 25.5 Å². The van der Waals surface area contributed by atoms with E-state index in [1.807, 2.05) is 12.1 Å². The number of hydrogen-bond acceptors (Lipinski definition) is 7. The summed E-state index contributed by atoms with van der Waals surface area (Å²) in [5.74, 6) is 1.08. The highest BCUT2D eigenvalue weighted by Gasteiger charge is 2.09. The molecule has 0 fully saturated rings. The number of ether oxygens (including phenoxy) is 2. The maximum atomic E-state index is 5.55. The number of nitrogens with zero attached hydrogens (tertiary/aromatic N) is 3. The molecule has 2 N–H and O–H groups in total. The average molecular weight is 278 g/mol. The van der Waals surface area contributed by atoms with Crippen molar-refractivity contribution in [3.05, 3.63) is 29.8 Å². The monoisotopic (exact) mass is 278 g/mol. The van der Waals surface area contributed by atoms with E-state index >= 15 is 0 Å². The lowest BCUT2D eigenvalue weighted by Crippen LogP contribution is -2.05. The molecule has 0 aromatic carbocycles. The zero-order chi connectivity index (χ0) is 14.2. The largest absolute Gasteiger partial charge is 0.382 e. The summed E-state index contributed by atoms with van der Waals surface area (Å²) in [6.45, 7) is 2.05. The number of methoxy groups -OCH3 is 1. The Kier molecular flexibility index (Phi) is 5.60. The van der Waals surface area contributed by atoms with Crippen LogP contribution < -0.4 is 5.73 Å². The van der Waals surface area contributed by atoms with Gasteiger partial charge in [-0.05, 0) is 12.1 Å². The highest BCUT2D eigenvalue weighted by molar-refractivity contribution is 5.52. The SMILES string of the molecule is COCCOCCc1noc(-c2ccnc(CN)c2)n1. The molecular weight excluding hydrogens is 260 g/mol. The molecule has 0 aliphatic rings. The smallest absolute Gasteiger partial charge is 0.258 e. The standard InChI is InChI=1S/C13H18N4O3/c1-18-6-7-19-5-3-12-16-13(20-17-12)10-2-4-15-11(8-10)9-14/h2,4,8H,3,5-7,9,14H2,1H3. The van der Waals surface area contributed by atoms with E-state index in [0.717, 1.165) is 11.3 Å². The first-order chi connectivity index (χ1) is 9.83. The van der Waals surface area contributed by atoms with E-state index in [4.69, 9.17) is 19.7 Å². The van der Waals surface area contributed by atoms with Crippen molar-refractivity contribution in [2.75, 3.05) is 26.9 Å². The molecule has 0 unspecified atom stereocenters. The van der Waals surface area contributed by atoms with Gasteiger partial charge in [0.1, 0.15) is 0 Å². The highest BCUT2D eigenvalue weighted by Crippen LogP contribution is 2.17. The predicted molar refractivity (Wildman–Crippen MR) is 71.8 cm³/mol. The van der Waals surface area contributed by atoms with Gasteiger partial charge in [0.25, 0.3) is 5.89 Å². The number of nitrogens with two attached hydrogens (primary N) is 1. The van der Waals surface area contributed by atoms with E-state index in [-0.39, 0.29) is 0 Å². The molecule has 0 radical (unpaired) electrons. The fourth-order valence-corrected chi connectivity index (χ4v) is 1.60. The Hall–Kier alpha value is -1.83. The van der Waals surface area contributed by atoms with Crippen molar-refractivity contribution in [1.29, 1.82) is 0 Å². The molecular formula is C13H18N4O3. The van der Waals surface area contributed by atoms with Gasteiger partial charge in [0.15, 0.2) is 5.82 Å². The van der Waals surface area contributed by atoms with Crippen LogP contribution in [0.2, 0.25) is 0 Å². The normalized spacial score (nSPS) is 10.9. The van der Waals surface area contributed by atoms with Crippen LogP contribution in [0.5, 0.6) is 0 Å². The van der Waals surface area contributed by atoms with E-state index in [9.17, 15) is 0 Å². The van der Waals surface area contributed by atoms with E-state index < -0.39 is 0 Å². The number of rotatable bonds is 8. The van der Waals surface area contributed by atoms with Gasteiger partial charge in [-0.2, -0.15) is 4.98 Å². The van der Waals surface area contributed by atoms with E-state index in [0.29, 0.717) is 44.5 Å². The third-order valence-electron chi connectivity index (χ3n) is 2.64. The van der Waals surface area contributed by atoms with Gasteiger partial charge in [-0.1, -0.05) is 5.16 Å². The van der Waals surface area contributed by atoms with Crippen molar-refractivity contribution in [2.24, 2.45) is 5.73 Å². The zero-order valence-corrected chi connectivity index (χ0v) is 11.4. The molecule has 2 aromatic rings. The van der Waals surface area contributed by atoms with Crippen LogP contribution in [0.25, 0.3) is 11.5 Å². The fourth-order valence-electron chi connectivity index (χ4n) is 1.60. The Morgan fingerprint density at radius 2 is 2.20 bits per heavy atom. The van der Waals surface area contributed by atoms with Crippen LogP contribution in [0.3, 0.4) is 0 Å². The van der Waals surface area contributed by atoms with Crippen LogP contribution in [0.1, 0.15) is 11.5 Å². The second kappa shape index (κ2) is 7.68. The second-order valence-electron chi connectivity index (χ2n) is 4.11. The number of pyridine rings is 1. The minimum absolute atomic E-state index is 0.377. The van der Waals surface area contributed by atoms with E-state index in [1.54, 1.807) is 13.3 Å². The Balaban J connectivity index is 1.91. The van der Waals surface area contributed by atoms with E-state index in [2.05, 4.69) is 15.1 Å². The topological polar surface area (TPSA) is 96.3 Å². The first-order valence-electron chi connectivity index (χ1n) is 6.38. The van der Waals surface area contributed by atoms with Gasteiger partial charge >= 0.3 is 0 Å².